The third-order valence-corrected chi connectivity index (χ3v) is 6.92. The van der Waals surface area contributed by atoms with E-state index < -0.39 is 15.8 Å². The van der Waals surface area contributed by atoms with Crippen LogP contribution in [-0.2, 0) is 16.4 Å². The quantitative estimate of drug-likeness (QED) is 0.558. The maximum absolute atomic E-state index is 13.3. The number of rotatable bonds is 5. The van der Waals surface area contributed by atoms with E-state index in [-0.39, 0.29) is 28.3 Å². The molecule has 0 heterocycles. The summed E-state index contributed by atoms with van der Waals surface area (Å²) < 4.78 is 40.9. The number of benzene rings is 3. The molecule has 3 aromatic carbocycles. The lowest BCUT2D eigenvalue weighted by Gasteiger charge is -2.15. The van der Waals surface area contributed by atoms with Gasteiger partial charge in [-0.15, -0.1) is 0 Å². The summed E-state index contributed by atoms with van der Waals surface area (Å²) in [6.07, 6.45) is 1.39. The van der Waals surface area contributed by atoms with Gasteiger partial charge >= 0.3 is 0 Å². The number of anilines is 1. The average molecular weight is 440 g/mol. The van der Waals surface area contributed by atoms with Gasteiger partial charge in [-0.1, -0.05) is 12.1 Å². The zero-order valence-electron chi connectivity index (χ0n) is 16.7. The topological polar surface area (TPSA) is 95.5 Å². The zero-order valence-corrected chi connectivity index (χ0v) is 17.5. The minimum atomic E-state index is -3.89. The average Bonchev–Trinajstić information content (AvgIpc) is 3.12. The Morgan fingerprint density at radius 3 is 2.55 bits per heavy atom. The second kappa shape index (κ2) is 8.03. The predicted octanol–water partition coefficient (Wildman–Crippen LogP) is 4.06. The molecule has 0 spiro atoms. The summed E-state index contributed by atoms with van der Waals surface area (Å²) in [6.45, 7) is 1.52. The summed E-state index contributed by atoms with van der Waals surface area (Å²) in [5, 5.41) is 12.9. The van der Waals surface area contributed by atoms with Crippen LogP contribution in [-0.4, -0.2) is 19.4 Å². The van der Waals surface area contributed by atoms with Crippen LogP contribution < -0.4 is 10.0 Å². The molecule has 3 aromatic rings. The first-order valence-corrected chi connectivity index (χ1v) is 11.2. The van der Waals surface area contributed by atoms with E-state index in [0.29, 0.717) is 24.0 Å². The largest absolute Gasteiger partial charge is 0.508 e. The van der Waals surface area contributed by atoms with Crippen molar-refractivity contribution < 1.29 is 22.7 Å². The number of aromatic hydroxyl groups is 1. The first kappa shape index (κ1) is 20.9. The molecule has 0 aliphatic heterocycles. The summed E-state index contributed by atoms with van der Waals surface area (Å²) in [6, 6.07) is 14.6. The Morgan fingerprint density at radius 2 is 1.84 bits per heavy atom. The van der Waals surface area contributed by atoms with Crippen molar-refractivity contribution >= 4 is 21.6 Å². The Bertz CT molecular complexity index is 1260. The van der Waals surface area contributed by atoms with E-state index in [9.17, 15) is 22.7 Å². The van der Waals surface area contributed by atoms with Gasteiger partial charge in [0.1, 0.15) is 11.6 Å². The normalized spacial score (nSPS) is 15.4. The minimum Gasteiger partial charge on any atom is -0.508 e. The number of phenols is 1. The molecule has 0 radical (unpaired) electrons. The van der Waals surface area contributed by atoms with Crippen LogP contribution in [0.5, 0.6) is 5.75 Å². The van der Waals surface area contributed by atoms with E-state index in [4.69, 9.17) is 0 Å². The van der Waals surface area contributed by atoms with E-state index in [2.05, 4.69) is 10.0 Å². The molecule has 3 N–H and O–H groups in total. The van der Waals surface area contributed by atoms with Crippen molar-refractivity contribution in [3.05, 3.63) is 88.7 Å². The Hall–Kier alpha value is -3.39. The maximum atomic E-state index is 13.3. The van der Waals surface area contributed by atoms with Gasteiger partial charge in [-0.3, -0.25) is 9.52 Å². The first-order valence-electron chi connectivity index (χ1n) is 9.75. The van der Waals surface area contributed by atoms with E-state index in [0.717, 1.165) is 23.3 Å². The number of halogens is 1. The highest BCUT2D eigenvalue weighted by molar-refractivity contribution is 7.92. The van der Waals surface area contributed by atoms with Crippen LogP contribution in [0.2, 0.25) is 0 Å². The smallest absolute Gasteiger partial charge is 0.262 e. The summed E-state index contributed by atoms with van der Waals surface area (Å²) in [5.41, 5.74) is 2.73. The molecule has 1 unspecified atom stereocenters. The van der Waals surface area contributed by atoms with Crippen molar-refractivity contribution in [2.75, 3.05) is 4.72 Å². The molecule has 6 nitrogen and oxygen atoms in total. The minimum absolute atomic E-state index is 0.0149. The molecule has 8 heteroatoms. The first-order chi connectivity index (χ1) is 14.7. The number of fused-ring (bicyclic) bond motifs is 1. The third kappa shape index (κ3) is 4.25. The van der Waals surface area contributed by atoms with Gasteiger partial charge in [0, 0.05) is 11.3 Å². The van der Waals surface area contributed by atoms with Crippen molar-refractivity contribution in [3.63, 3.8) is 0 Å². The van der Waals surface area contributed by atoms with E-state index in [1.165, 1.54) is 37.3 Å². The molecular formula is C23H21FN2O4S. The number of nitrogens with one attached hydrogen (secondary N) is 2. The Kier molecular flexibility index (Phi) is 5.41. The highest BCUT2D eigenvalue weighted by Crippen LogP contribution is 2.36. The summed E-state index contributed by atoms with van der Waals surface area (Å²) in [7, 11) is -3.89. The molecule has 1 amide bonds. The number of carbonyl (C=O) groups excluding carboxylic acids is 1. The van der Waals surface area contributed by atoms with E-state index in [1.54, 1.807) is 12.1 Å². The third-order valence-electron chi connectivity index (χ3n) is 5.38. The van der Waals surface area contributed by atoms with Gasteiger partial charge in [0.15, 0.2) is 0 Å². The van der Waals surface area contributed by atoms with Gasteiger partial charge in [0.2, 0.25) is 0 Å². The lowest BCUT2D eigenvalue weighted by atomic mass is 10.1. The molecule has 1 aliphatic carbocycles. The molecular weight excluding hydrogens is 419 g/mol. The van der Waals surface area contributed by atoms with E-state index >= 15 is 0 Å². The van der Waals surface area contributed by atoms with Gasteiger partial charge in [0.05, 0.1) is 10.9 Å². The molecule has 160 valence electrons. The molecule has 1 atom stereocenters. The van der Waals surface area contributed by atoms with Crippen molar-refractivity contribution in [2.45, 2.75) is 30.7 Å². The van der Waals surface area contributed by atoms with Gasteiger partial charge in [-0.05, 0) is 85.0 Å². The van der Waals surface area contributed by atoms with Crippen LogP contribution in [0.4, 0.5) is 10.1 Å². The van der Waals surface area contributed by atoms with Crippen molar-refractivity contribution in [2.24, 2.45) is 0 Å². The SMILES string of the molecule is Cc1cc(F)ccc1S(=O)(=O)Nc1ccc(C(=O)NC2CCc3c(O)cccc32)cc1. The standard InChI is InChI=1S/C23H21FN2O4S/c1-14-13-16(24)7-12-22(14)31(29,30)26-17-8-5-15(6-9-17)23(28)25-20-11-10-19-18(20)3-2-4-21(19)27/h2-9,12-13,20,26-27H,10-11H2,1H3,(H,25,28). The van der Waals surface area contributed by atoms with Gasteiger partial charge in [-0.25, -0.2) is 12.8 Å². The second-order valence-electron chi connectivity index (χ2n) is 7.50. The second-order valence-corrected chi connectivity index (χ2v) is 9.15. The Balaban J connectivity index is 1.46. The Labute approximate surface area is 179 Å². The molecule has 0 saturated heterocycles. The highest BCUT2D eigenvalue weighted by Gasteiger charge is 2.26. The number of phenolic OH excluding ortho intramolecular Hbond substituents is 1. The summed E-state index contributed by atoms with van der Waals surface area (Å²) >= 11 is 0. The van der Waals surface area contributed by atoms with Crippen molar-refractivity contribution in [1.82, 2.24) is 5.32 Å². The fraction of sp³-hybridized carbons (Fsp3) is 0.174. The number of hydrogen-bond donors (Lipinski definition) is 3. The lowest BCUT2D eigenvalue weighted by molar-refractivity contribution is 0.0936. The number of amides is 1. The van der Waals surface area contributed by atoms with Crippen LogP contribution in [0.15, 0.2) is 65.6 Å². The van der Waals surface area contributed by atoms with Crippen LogP contribution in [0.25, 0.3) is 0 Å². The molecule has 0 fully saturated rings. The van der Waals surface area contributed by atoms with Crippen molar-refractivity contribution in [1.29, 1.82) is 0 Å². The van der Waals surface area contributed by atoms with Gasteiger partial charge < -0.3 is 10.4 Å². The van der Waals surface area contributed by atoms with Gasteiger partial charge in [0.25, 0.3) is 15.9 Å². The van der Waals surface area contributed by atoms with E-state index in [1.807, 2.05) is 6.07 Å². The molecule has 0 saturated carbocycles. The van der Waals surface area contributed by atoms with Gasteiger partial charge in [-0.2, -0.15) is 0 Å². The zero-order chi connectivity index (χ0) is 22.2. The number of carbonyl (C=O) groups is 1. The fourth-order valence-corrected chi connectivity index (χ4v) is 5.13. The van der Waals surface area contributed by atoms with Crippen LogP contribution >= 0.6 is 0 Å². The number of hydrogen-bond acceptors (Lipinski definition) is 4. The van der Waals surface area contributed by atoms with Crippen LogP contribution in [0, 0.1) is 12.7 Å². The summed E-state index contributed by atoms with van der Waals surface area (Å²) in [4.78, 5) is 12.6. The number of sulfonamides is 1. The van der Waals surface area contributed by atoms with Crippen LogP contribution in [0.3, 0.4) is 0 Å². The lowest BCUT2D eigenvalue weighted by Crippen LogP contribution is -2.27. The highest BCUT2D eigenvalue weighted by atomic mass is 32.2. The maximum Gasteiger partial charge on any atom is 0.262 e. The number of aryl methyl sites for hydroxylation is 1. The molecule has 0 bridgehead atoms. The fourth-order valence-electron chi connectivity index (χ4n) is 3.84. The molecule has 0 aromatic heterocycles. The predicted molar refractivity (Wildman–Crippen MR) is 115 cm³/mol. The van der Waals surface area contributed by atoms with Crippen LogP contribution in [0.1, 0.15) is 39.5 Å². The monoisotopic (exact) mass is 440 g/mol. The molecule has 31 heavy (non-hydrogen) atoms. The Morgan fingerprint density at radius 1 is 1.10 bits per heavy atom. The van der Waals surface area contributed by atoms with Crippen molar-refractivity contribution in [3.8, 4) is 5.75 Å². The summed E-state index contributed by atoms with van der Waals surface area (Å²) in [5.74, 6) is -0.556. The molecule has 1 aliphatic rings. The molecule has 4 rings (SSSR count).